The third-order valence-corrected chi connectivity index (χ3v) is 7.93. The summed E-state index contributed by atoms with van der Waals surface area (Å²) in [5.41, 5.74) is 3.39. The minimum absolute atomic E-state index is 0.177. The normalized spacial score (nSPS) is 15.1. The number of amides is 1. The van der Waals surface area contributed by atoms with Crippen molar-refractivity contribution in [1.82, 2.24) is 20.1 Å². The number of rotatable bonds is 7. The SMILES string of the molecule is CCOc1ccc(C2(CNC(=O)c3sc(-c4c(C)c(C)nn(C)c4=O)nc3C)CCOCC2)cc1. The molecule has 186 valence electrons. The van der Waals surface area contributed by atoms with Crippen molar-refractivity contribution in [3.63, 3.8) is 0 Å². The fraction of sp³-hybridized carbons (Fsp3) is 0.462. The van der Waals surface area contributed by atoms with Crippen LogP contribution in [0, 0.1) is 20.8 Å². The maximum atomic E-state index is 13.3. The molecule has 2 aromatic heterocycles. The summed E-state index contributed by atoms with van der Waals surface area (Å²) in [4.78, 5) is 31.2. The van der Waals surface area contributed by atoms with Crippen LogP contribution in [-0.4, -0.2) is 47.0 Å². The van der Waals surface area contributed by atoms with E-state index in [-0.39, 0.29) is 16.9 Å². The summed E-state index contributed by atoms with van der Waals surface area (Å²) < 4.78 is 12.5. The third-order valence-electron chi connectivity index (χ3n) is 6.76. The van der Waals surface area contributed by atoms with Crippen LogP contribution >= 0.6 is 11.3 Å². The summed E-state index contributed by atoms with van der Waals surface area (Å²) in [6.45, 7) is 9.90. The van der Waals surface area contributed by atoms with Crippen LogP contribution in [0.25, 0.3) is 10.6 Å². The molecule has 1 aliphatic heterocycles. The van der Waals surface area contributed by atoms with Crippen molar-refractivity contribution in [2.75, 3.05) is 26.4 Å². The Balaban J connectivity index is 1.58. The van der Waals surface area contributed by atoms with Gasteiger partial charge in [0.05, 0.1) is 23.6 Å². The number of aromatic nitrogens is 3. The number of carbonyl (C=O) groups excluding carboxylic acids is 1. The highest BCUT2D eigenvalue weighted by Crippen LogP contribution is 2.36. The molecular formula is C26H32N4O4S. The van der Waals surface area contributed by atoms with Gasteiger partial charge in [-0.25, -0.2) is 9.67 Å². The molecule has 1 aromatic carbocycles. The molecule has 1 saturated heterocycles. The summed E-state index contributed by atoms with van der Waals surface area (Å²) >= 11 is 1.25. The number of hydrogen-bond donors (Lipinski definition) is 1. The Bertz CT molecular complexity index is 1270. The van der Waals surface area contributed by atoms with Gasteiger partial charge < -0.3 is 14.8 Å². The minimum atomic E-state index is -0.217. The molecule has 4 rings (SSSR count). The summed E-state index contributed by atoms with van der Waals surface area (Å²) in [6, 6.07) is 8.14. The lowest BCUT2D eigenvalue weighted by Crippen LogP contribution is -2.44. The van der Waals surface area contributed by atoms with E-state index < -0.39 is 0 Å². The Morgan fingerprint density at radius 2 is 1.86 bits per heavy atom. The maximum absolute atomic E-state index is 13.3. The number of aryl methyl sites for hydroxylation is 3. The number of benzene rings is 1. The third kappa shape index (κ3) is 5.01. The van der Waals surface area contributed by atoms with Gasteiger partial charge in [0.25, 0.3) is 11.5 Å². The van der Waals surface area contributed by atoms with Crippen LogP contribution in [0.4, 0.5) is 0 Å². The molecule has 0 atom stereocenters. The smallest absolute Gasteiger partial charge is 0.277 e. The molecule has 1 amide bonds. The molecular weight excluding hydrogens is 464 g/mol. The average Bonchev–Trinajstić information content (AvgIpc) is 3.24. The largest absolute Gasteiger partial charge is 0.494 e. The molecule has 0 saturated carbocycles. The van der Waals surface area contributed by atoms with E-state index in [2.05, 4.69) is 27.5 Å². The number of hydrogen-bond acceptors (Lipinski definition) is 7. The highest BCUT2D eigenvalue weighted by Gasteiger charge is 2.35. The van der Waals surface area contributed by atoms with E-state index in [9.17, 15) is 9.59 Å². The maximum Gasteiger partial charge on any atom is 0.277 e. The van der Waals surface area contributed by atoms with Gasteiger partial charge in [0.2, 0.25) is 0 Å². The first kappa shape index (κ1) is 25.1. The molecule has 35 heavy (non-hydrogen) atoms. The van der Waals surface area contributed by atoms with E-state index in [1.165, 1.54) is 16.0 Å². The van der Waals surface area contributed by atoms with Crippen molar-refractivity contribution in [2.45, 2.75) is 46.0 Å². The van der Waals surface area contributed by atoms with Gasteiger partial charge in [-0.1, -0.05) is 12.1 Å². The topological polar surface area (TPSA) is 95.3 Å². The Labute approximate surface area is 209 Å². The molecule has 0 bridgehead atoms. The number of nitrogens with zero attached hydrogens (tertiary/aromatic N) is 3. The molecule has 9 heteroatoms. The second-order valence-electron chi connectivity index (χ2n) is 8.98. The molecule has 0 radical (unpaired) electrons. The molecule has 1 aliphatic rings. The summed E-state index contributed by atoms with van der Waals surface area (Å²) in [7, 11) is 1.63. The Hall–Kier alpha value is -3.04. The van der Waals surface area contributed by atoms with Crippen LogP contribution in [0.15, 0.2) is 29.1 Å². The lowest BCUT2D eigenvalue weighted by atomic mass is 9.74. The first-order valence-electron chi connectivity index (χ1n) is 11.9. The van der Waals surface area contributed by atoms with Crippen LogP contribution in [0.5, 0.6) is 5.75 Å². The van der Waals surface area contributed by atoms with E-state index >= 15 is 0 Å². The minimum Gasteiger partial charge on any atom is -0.494 e. The molecule has 1 N–H and O–H groups in total. The van der Waals surface area contributed by atoms with Gasteiger partial charge in [-0.05, 0) is 63.8 Å². The quantitative estimate of drug-likeness (QED) is 0.536. The van der Waals surface area contributed by atoms with Crippen molar-refractivity contribution in [3.8, 4) is 16.3 Å². The second kappa shape index (κ2) is 10.3. The molecule has 1 fully saturated rings. The zero-order valence-electron chi connectivity index (χ0n) is 20.9. The first-order chi connectivity index (χ1) is 16.8. The second-order valence-corrected chi connectivity index (χ2v) is 9.98. The monoisotopic (exact) mass is 496 g/mol. The summed E-state index contributed by atoms with van der Waals surface area (Å²) in [5.74, 6) is 0.659. The van der Waals surface area contributed by atoms with E-state index in [0.29, 0.717) is 47.5 Å². The predicted molar refractivity (Wildman–Crippen MR) is 136 cm³/mol. The fourth-order valence-electron chi connectivity index (χ4n) is 4.55. The zero-order valence-corrected chi connectivity index (χ0v) is 21.8. The predicted octanol–water partition coefficient (Wildman–Crippen LogP) is 3.71. The highest BCUT2D eigenvalue weighted by atomic mass is 32.1. The van der Waals surface area contributed by atoms with Crippen molar-refractivity contribution >= 4 is 17.2 Å². The Morgan fingerprint density at radius 1 is 1.17 bits per heavy atom. The molecule has 8 nitrogen and oxygen atoms in total. The van der Waals surface area contributed by atoms with Crippen LogP contribution in [0.1, 0.15) is 52.0 Å². The lowest BCUT2D eigenvalue weighted by molar-refractivity contribution is 0.0487. The van der Waals surface area contributed by atoms with E-state index in [1.54, 1.807) is 14.0 Å². The average molecular weight is 497 g/mol. The number of nitrogens with one attached hydrogen (secondary N) is 1. The Morgan fingerprint density at radius 3 is 2.51 bits per heavy atom. The highest BCUT2D eigenvalue weighted by molar-refractivity contribution is 7.17. The van der Waals surface area contributed by atoms with Gasteiger partial charge >= 0.3 is 0 Å². The van der Waals surface area contributed by atoms with Crippen molar-refractivity contribution < 1.29 is 14.3 Å². The van der Waals surface area contributed by atoms with Gasteiger partial charge in [0, 0.05) is 32.2 Å². The molecule has 3 heterocycles. The number of thiazole rings is 1. The van der Waals surface area contributed by atoms with Crippen molar-refractivity contribution in [1.29, 1.82) is 0 Å². The number of carbonyl (C=O) groups is 1. The molecule has 0 unspecified atom stereocenters. The van der Waals surface area contributed by atoms with Crippen LogP contribution in [0.3, 0.4) is 0 Å². The van der Waals surface area contributed by atoms with Crippen molar-refractivity contribution in [3.05, 3.63) is 62.0 Å². The zero-order chi connectivity index (χ0) is 25.2. The number of ether oxygens (including phenoxy) is 2. The van der Waals surface area contributed by atoms with Gasteiger partial charge in [-0.2, -0.15) is 5.10 Å². The van der Waals surface area contributed by atoms with Gasteiger partial charge in [-0.3, -0.25) is 9.59 Å². The van der Waals surface area contributed by atoms with Crippen LogP contribution in [0.2, 0.25) is 0 Å². The fourth-order valence-corrected chi connectivity index (χ4v) is 5.62. The molecule has 0 spiro atoms. The Kier molecular flexibility index (Phi) is 7.37. The van der Waals surface area contributed by atoms with Crippen LogP contribution < -0.4 is 15.6 Å². The summed E-state index contributed by atoms with van der Waals surface area (Å²) in [6.07, 6.45) is 1.64. The summed E-state index contributed by atoms with van der Waals surface area (Å²) in [5, 5.41) is 7.94. The molecule has 3 aromatic rings. The van der Waals surface area contributed by atoms with Crippen molar-refractivity contribution in [2.24, 2.45) is 7.05 Å². The van der Waals surface area contributed by atoms with Gasteiger partial charge in [-0.15, -0.1) is 11.3 Å². The van der Waals surface area contributed by atoms with E-state index in [1.807, 2.05) is 32.9 Å². The van der Waals surface area contributed by atoms with E-state index in [0.717, 1.165) is 35.4 Å². The first-order valence-corrected chi connectivity index (χ1v) is 12.7. The standard InChI is InChI=1S/C26H32N4O4S/c1-6-34-20-9-7-19(8-10-20)26(11-13-33-14-12-26)15-27-23(31)22-18(4)28-24(35-22)21-16(2)17(3)29-30(5)25(21)32/h7-10H,6,11-15H2,1-5H3,(H,27,31). The van der Waals surface area contributed by atoms with Gasteiger partial charge in [0.1, 0.15) is 15.6 Å². The lowest BCUT2D eigenvalue weighted by Gasteiger charge is -2.38. The van der Waals surface area contributed by atoms with Crippen LogP contribution in [-0.2, 0) is 17.2 Å². The molecule has 0 aliphatic carbocycles. The van der Waals surface area contributed by atoms with E-state index in [4.69, 9.17) is 9.47 Å². The van der Waals surface area contributed by atoms with Gasteiger partial charge in [0.15, 0.2) is 0 Å².